The van der Waals surface area contributed by atoms with E-state index in [4.69, 9.17) is 0 Å². The molecular formula is C12H14BrF3N2. The first-order chi connectivity index (χ1) is 8.50. The summed E-state index contributed by atoms with van der Waals surface area (Å²) >= 11 is 3.21. The fraction of sp³-hybridized carbons (Fsp3) is 0.500. The molecular weight excluding hydrogens is 309 g/mol. The molecule has 1 aliphatic rings. The maximum absolute atomic E-state index is 13.3. The van der Waals surface area contributed by atoms with Gasteiger partial charge in [-0.05, 0) is 11.6 Å². The fourth-order valence-corrected chi connectivity index (χ4v) is 2.72. The minimum absolute atomic E-state index is 0.284. The van der Waals surface area contributed by atoms with E-state index in [1.807, 2.05) is 0 Å². The zero-order valence-corrected chi connectivity index (χ0v) is 11.3. The van der Waals surface area contributed by atoms with E-state index in [1.54, 1.807) is 18.2 Å². The van der Waals surface area contributed by atoms with Crippen LogP contribution < -0.4 is 5.32 Å². The minimum atomic E-state index is -4.26. The third kappa shape index (κ3) is 3.05. The third-order valence-electron chi connectivity index (χ3n) is 3.03. The standard InChI is InChI=1S/C12H14BrF3N2/c13-10-4-2-1-3-9(10)11(12(14,15)16)18-7-5-17-6-8-18/h1-4,11,17H,5-8H2/t11-/m0/s1. The number of halogens is 4. The van der Waals surface area contributed by atoms with Crippen molar-refractivity contribution in [2.24, 2.45) is 0 Å². The molecule has 0 spiro atoms. The monoisotopic (exact) mass is 322 g/mol. The Morgan fingerprint density at radius 3 is 2.33 bits per heavy atom. The van der Waals surface area contributed by atoms with E-state index in [0.29, 0.717) is 30.7 Å². The smallest absolute Gasteiger partial charge is 0.314 e. The van der Waals surface area contributed by atoms with Gasteiger partial charge in [0.05, 0.1) is 0 Å². The highest BCUT2D eigenvalue weighted by atomic mass is 79.9. The lowest BCUT2D eigenvalue weighted by Crippen LogP contribution is -2.49. The number of rotatable bonds is 2. The van der Waals surface area contributed by atoms with E-state index in [9.17, 15) is 13.2 Å². The van der Waals surface area contributed by atoms with E-state index in [1.165, 1.54) is 11.0 Å². The molecule has 1 heterocycles. The van der Waals surface area contributed by atoms with Gasteiger partial charge in [-0.15, -0.1) is 0 Å². The zero-order valence-electron chi connectivity index (χ0n) is 9.67. The Morgan fingerprint density at radius 2 is 1.78 bits per heavy atom. The Kier molecular flexibility index (Phi) is 4.29. The Bertz CT molecular complexity index is 403. The highest BCUT2D eigenvalue weighted by molar-refractivity contribution is 9.10. The van der Waals surface area contributed by atoms with E-state index < -0.39 is 12.2 Å². The summed E-state index contributed by atoms with van der Waals surface area (Å²) in [6, 6.07) is 5.01. The van der Waals surface area contributed by atoms with E-state index in [0.717, 1.165) is 0 Å². The molecule has 1 aromatic carbocycles. The summed E-state index contributed by atoms with van der Waals surface area (Å²) in [5.41, 5.74) is 0.284. The van der Waals surface area contributed by atoms with Gasteiger partial charge in [0, 0.05) is 30.7 Å². The summed E-state index contributed by atoms with van der Waals surface area (Å²) < 4.78 is 40.4. The summed E-state index contributed by atoms with van der Waals surface area (Å²) in [5.74, 6) is 0. The zero-order chi connectivity index (χ0) is 13.2. The van der Waals surface area contributed by atoms with Crippen molar-refractivity contribution in [1.29, 1.82) is 0 Å². The molecule has 18 heavy (non-hydrogen) atoms. The first kappa shape index (κ1) is 13.8. The summed E-state index contributed by atoms with van der Waals surface area (Å²) in [5, 5.41) is 3.07. The van der Waals surface area contributed by atoms with Crippen LogP contribution >= 0.6 is 15.9 Å². The highest BCUT2D eigenvalue weighted by Gasteiger charge is 2.45. The van der Waals surface area contributed by atoms with Gasteiger partial charge in [0.2, 0.25) is 0 Å². The van der Waals surface area contributed by atoms with E-state index in [-0.39, 0.29) is 5.56 Å². The second kappa shape index (κ2) is 5.59. The molecule has 6 heteroatoms. The van der Waals surface area contributed by atoms with Crippen LogP contribution in [0.15, 0.2) is 28.7 Å². The molecule has 0 amide bonds. The van der Waals surface area contributed by atoms with E-state index in [2.05, 4.69) is 21.2 Å². The predicted octanol–water partition coefficient (Wildman–Crippen LogP) is 2.96. The van der Waals surface area contributed by atoms with Gasteiger partial charge in [-0.2, -0.15) is 13.2 Å². The van der Waals surface area contributed by atoms with Crippen LogP contribution in [0.2, 0.25) is 0 Å². The maximum Gasteiger partial charge on any atom is 0.408 e. The molecule has 1 fully saturated rings. The van der Waals surface area contributed by atoms with Crippen LogP contribution in [0.3, 0.4) is 0 Å². The molecule has 0 unspecified atom stereocenters. The summed E-state index contributed by atoms with van der Waals surface area (Å²) in [6.07, 6.45) is -4.26. The molecule has 0 aromatic heterocycles. The quantitative estimate of drug-likeness (QED) is 0.900. The summed E-state index contributed by atoms with van der Waals surface area (Å²) in [7, 11) is 0. The molecule has 0 aliphatic carbocycles. The van der Waals surface area contributed by atoms with Gasteiger partial charge in [-0.3, -0.25) is 4.90 Å². The number of benzene rings is 1. The van der Waals surface area contributed by atoms with Gasteiger partial charge in [-0.25, -0.2) is 0 Å². The predicted molar refractivity (Wildman–Crippen MR) is 67.4 cm³/mol. The van der Waals surface area contributed by atoms with Crippen LogP contribution in [-0.4, -0.2) is 37.3 Å². The van der Waals surface area contributed by atoms with Gasteiger partial charge >= 0.3 is 6.18 Å². The Balaban J connectivity index is 2.34. The van der Waals surface area contributed by atoms with Crippen LogP contribution in [0.5, 0.6) is 0 Å². The second-order valence-corrected chi connectivity index (χ2v) is 5.11. The summed E-state index contributed by atoms with van der Waals surface area (Å²) in [4.78, 5) is 1.48. The maximum atomic E-state index is 13.3. The molecule has 0 saturated carbocycles. The van der Waals surface area contributed by atoms with Crippen LogP contribution in [0.1, 0.15) is 11.6 Å². The fourth-order valence-electron chi connectivity index (χ4n) is 2.22. The van der Waals surface area contributed by atoms with Gasteiger partial charge in [0.15, 0.2) is 0 Å². The van der Waals surface area contributed by atoms with Crippen molar-refractivity contribution < 1.29 is 13.2 Å². The normalized spacial score (nSPS) is 19.8. The number of piperazine rings is 1. The molecule has 1 N–H and O–H groups in total. The Morgan fingerprint density at radius 1 is 1.17 bits per heavy atom. The number of hydrogen-bond acceptors (Lipinski definition) is 2. The minimum Gasteiger partial charge on any atom is -0.314 e. The number of nitrogens with zero attached hydrogens (tertiary/aromatic N) is 1. The number of nitrogens with one attached hydrogen (secondary N) is 1. The SMILES string of the molecule is FC(F)(F)[C@H](c1ccccc1Br)N1CCNCC1. The topological polar surface area (TPSA) is 15.3 Å². The molecule has 2 rings (SSSR count). The van der Waals surface area contributed by atoms with Gasteiger partial charge in [-0.1, -0.05) is 34.1 Å². The average molecular weight is 323 g/mol. The lowest BCUT2D eigenvalue weighted by Gasteiger charge is -2.36. The molecule has 1 saturated heterocycles. The van der Waals surface area contributed by atoms with Crippen molar-refractivity contribution >= 4 is 15.9 Å². The van der Waals surface area contributed by atoms with Crippen LogP contribution in [0, 0.1) is 0 Å². The molecule has 1 aromatic rings. The molecule has 0 bridgehead atoms. The van der Waals surface area contributed by atoms with Crippen molar-refractivity contribution in [1.82, 2.24) is 10.2 Å². The van der Waals surface area contributed by atoms with Crippen molar-refractivity contribution in [2.75, 3.05) is 26.2 Å². The first-order valence-corrected chi connectivity index (χ1v) is 6.55. The average Bonchev–Trinajstić information content (AvgIpc) is 2.32. The molecule has 1 aliphatic heterocycles. The Hall–Kier alpha value is -0.590. The van der Waals surface area contributed by atoms with Crippen molar-refractivity contribution in [3.63, 3.8) is 0 Å². The van der Waals surface area contributed by atoms with Crippen LogP contribution in [0.25, 0.3) is 0 Å². The highest BCUT2D eigenvalue weighted by Crippen LogP contribution is 2.40. The molecule has 100 valence electrons. The number of alkyl halides is 3. The molecule has 2 nitrogen and oxygen atoms in total. The van der Waals surface area contributed by atoms with E-state index >= 15 is 0 Å². The Labute approximate surface area is 112 Å². The largest absolute Gasteiger partial charge is 0.408 e. The first-order valence-electron chi connectivity index (χ1n) is 5.76. The van der Waals surface area contributed by atoms with Crippen molar-refractivity contribution in [3.05, 3.63) is 34.3 Å². The van der Waals surface area contributed by atoms with Crippen LogP contribution in [0.4, 0.5) is 13.2 Å². The van der Waals surface area contributed by atoms with Gasteiger partial charge in [0.1, 0.15) is 6.04 Å². The van der Waals surface area contributed by atoms with Gasteiger partial charge < -0.3 is 5.32 Å². The third-order valence-corrected chi connectivity index (χ3v) is 3.75. The van der Waals surface area contributed by atoms with Crippen molar-refractivity contribution in [3.8, 4) is 0 Å². The van der Waals surface area contributed by atoms with Crippen molar-refractivity contribution in [2.45, 2.75) is 12.2 Å². The van der Waals surface area contributed by atoms with Crippen LogP contribution in [-0.2, 0) is 0 Å². The lowest BCUT2D eigenvalue weighted by atomic mass is 10.0. The number of hydrogen-bond donors (Lipinski definition) is 1. The molecule has 1 atom stereocenters. The molecule has 0 radical (unpaired) electrons. The van der Waals surface area contributed by atoms with Gasteiger partial charge in [0.25, 0.3) is 0 Å². The second-order valence-electron chi connectivity index (χ2n) is 4.25. The lowest BCUT2D eigenvalue weighted by molar-refractivity contribution is -0.188. The summed E-state index contributed by atoms with van der Waals surface area (Å²) in [6.45, 7) is 2.01.